The van der Waals surface area contributed by atoms with E-state index in [0.717, 1.165) is 51.7 Å². The molecule has 21 heavy (non-hydrogen) atoms. The predicted octanol–water partition coefficient (Wildman–Crippen LogP) is -0.187. The third-order valence-corrected chi connectivity index (χ3v) is 4.09. The van der Waals surface area contributed by atoms with Gasteiger partial charge in [-0.05, 0) is 38.9 Å². The van der Waals surface area contributed by atoms with Crippen LogP contribution in [0.4, 0.5) is 0 Å². The van der Waals surface area contributed by atoms with Gasteiger partial charge in [-0.15, -0.1) is 0 Å². The SMILES string of the molecule is CCCCNC(N)(C(N)CCNCC)C(N)C(N)CCC. The summed E-state index contributed by atoms with van der Waals surface area (Å²) < 4.78 is 0. The fourth-order valence-electron chi connectivity index (χ4n) is 2.52. The van der Waals surface area contributed by atoms with Crippen LogP contribution < -0.4 is 33.6 Å². The van der Waals surface area contributed by atoms with E-state index in [4.69, 9.17) is 22.9 Å². The molecular formula is C15H38N6. The molecule has 0 aromatic rings. The van der Waals surface area contributed by atoms with E-state index < -0.39 is 5.66 Å². The summed E-state index contributed by atoms with van der Waals surface area (Å²) >= 11 is 0. The van der Waals surface area contributed by atoms with Gasteiger partial charge in [-0.3, -0.25) is 5.32 Å². The average Bonchev–Trinajstić information content (AvgIpc) is 2.46. The Kier molecular flexibility index (Phi) is 11.2. The minimum absolute atomic E-state index is 0.140. The molecule has 0 bridgehead atoms. The van der Waals surface area contributed by atoms with E-state index in [0.29, 0.717) is 0 Å². The third kappa shape index (κ3) is 7.04. The zero-order valence-electron chi connectivity index (χ0n) is 14.2. The maximum absolute atomic E-state index is 6.57. The molecule has 4 atom stereocenters. The first-order valence-corrected chi connectivity index (χ1v) is 8.45. The van der Waals surface area contributed by atoms with Gasteiger partial charge in [0.05, 0.1) is 11.7 Å². The number of hydrogen-bond donors (Lipinski definition) is 6. The Balaban J connectivity index is 4.79. The van der Waals surface area contributed by atoms with Crippen LogP contribution in [-0.4, -0.2) is 43.4 Å². The smallest absolute Gasteiger partial charge is 0.0988 e. The highest BCUT2D eigenvalue weighted by molar-refractivity contribution is 5.04. The Morgan fingerprint density at radius 1 is 0.952 bits per heavy atom. The predicted molar refractivity (Wildman–Crippen MR) is 91.8 cm³/mol. The van der Waals surface area contributed by atoms with Crippen LogP contribution in [0, 0.1) is 0 Å². The Hall–Kier alpha value is -0.240. The van der Waals surface area contributed by atoms with E-state index in [1.165, 1.54) is 0 Å². The second kappa shape index (κ2) is 11.3. The molecule has 0 aromatic carbocycles. The zero-order valence-corrected chi connectivity index (χ0v) is 14.2. The molecule has 0 amide bonds. The summed E-state index contributed by atoms with van der Waals surface area (Å²) in [6.07, 6.45) is 4.78. The van der Waals surface area contributed by atoms with Crippen molar-refractivity contribution in [3.63, 3.8) is 0 Å². The highest BCUT2D eigenvalue weighted by atomic mass is 15.2. The Labute approximate surface area is 130 Å². The lowest BCUT2D eigenvalue weighted by Crippen LogP contribution is -2.77. The molecule has 10 N–H and O–H groups in total. The number of nitrogens with one attached hydrogen (secondary N) is 2. The Morgan fingerprint density at radius 3 is 2.14 bits per heavy atom. The molecule has 128 valence electrons. The number of rotatable bonds is 13. The normalized spacial score (nSPS) is 19.0. The summed E-state index contributed by atoms with van der Waals surface area (Å²) in [5.74, 6) is 0. The van der Waals surface area contributed by atoms with Gasteiger partial charge in [-0.1, -0.05) is 33.6 Å². The van der Waals surface area contributed by atoms with Crippen LogP contribution in [-0.2, 0) is 0 Å². The van der Waals surface area contributed by atoms with Gasteiger partial charge in [0.15, 0.2) is 0 Å². The van der Waals surface area contributed by atoms with E-state index in [1.807, 2.05) is 0 Å². The lowest BCUT2D eigenvalue weighted by Gasteiger charge is -2.43. The topological polar surface area (TPSA) is 128 Å². The molecule has 6 heteroatoms. The minimum atomic E-state index is -0.820. The Bertz CT molecular complexity index is 250. The molecule has 6 nitrogen and oxygen atoms in total. The van der Waals surface area contributed by atoms with Crippen molar-refractivity contribution in [2.24, 2.45) is 22.9 Å². The van der Waals surface area contributed by atoms with Gasteiger partial charge < -0.3 is 28.3 Å². The molecule has 0 saturated carbocycles. The van der Waals surface area contributed by atoms with Crippen LogP contribution in [0.25, 0.3) is 0 Å². The van der Waals surface area contributed by atoms with Crippen LogP contribution in [0.15, 0.2) is 0 Å². The van der Waals surface area contributed by atoms with E-state index in [2.05, 4.69) is 31.4 Å². The first-order valence-electron chi connectivity index (χ1n) is 8.45. The maximum Gasteiger partial charge on any atom is 0.0988 e. The molecule has 0 saturated heterocycles. The van der Waals surface area contributed by atoms with E-state index in [9.17, 15) is 0 Å². The van der Waals surface area contributed by atoms with Crippen molar-refractivity contribution in [1.82, 2.24) is 10.6 Å². The average molecular weight is 303 g/mol. The van der Waals surface area contributed by atoms with Crippen molar-refractivity contribution < 1.29 is 0 Å². The molecule has 0 spiro atoms. The van der Waals surface area contributed by atoms with E-state index in [1.54, 1.807) is 0 Å². The first-order chi connectivity index (χ1) is 9.93. The van der Waals surface area contributed by atoms with Crippen molar-refractivity contribution in [1.29, 1.82) is 0 Å². The molecule has 0 aromatic heterocycles. The molecule has 0 aliphatic carbocycles. The summed E-state index contributed by atoms with van der Waals surface area (Å²) in [7, 11) is 0. The number of hydrogen-bond acceptors (Lipinski definition) is 6. The summed E-state index contributed by atoms with van der Waals surface area (Å²) in [6.45, 7) is 8.89. The van der Waals surface area contributed by atoms with Crippen molar-refractivity contribution in [2.45, 2.75) is 76.7 Å². The summed E-state index contributed by atoms with van der Waals surface area (Å²) in [5.41, 5.74) is 24.6. The third-order valence-electron chi connectivity index (χ3n) is 4.09. The molecule has 4 unspecified atom stereocenters. The van der Waals surface area contributed by atoms with E-state index >= 15 is 0 Å². The molecular weight excluding hydrogens is 264 g/mol. The Morgan fingerprint density at radius 2 is 1.62 bits per heavy atom. The molecule has 0 aliphatic heterocycles. The fraction of sp³-hybridized carbons (Fsp3) is 1.00. The van der Waals surface area contributed by atoms with Gasteiger partial charge in [0.25, 0.3) is 0 Å². The molecule has 0 radical (unpaired) electrons. The highest BCUT2D eigenvalue weighted by Gasteiger charge is 2.40. The largest absolute Gasteiger partial charge is 0.326 e. The van der Waals surface area contributed by atoms with Crippen molar-refractivity contribution in [2.75, 3.05) is 19.6 Å². The maximum atomic E-state index is 6.57. The second-order valence-electron chi connectivity index (χ2n) is 5.94. The van der Waals surface area contributed by atoms with Crippen LogP contribution in [0.3, 0.4) is 0 Å². The quantitative estimate of drug-likeness (QED) is 0.207. The molecule has 0 aliphatic rings. The van der Waals surface area contributed by atoms with Gasteiger partial charge in [0.1, 0.15) is 0 Å². The van der Waals surface area contributed by atoms with Crippen LogP contribution in [0.5, 0.6) is 0 Å². The first kappa shape index (κ1) is 20.8. The van der Waals surface area contributed by atoms with Crippen LogP contribution in [0.2, 0.25) is 0 Å². The van der Waals surface area contributed by atoms with Crippen molar-refractivity contribution in [3.05, 3.63) is 0 Å². The number of unbranched alkanes of at least 4 members (excludes halogenated alkanes) is 1. The van der Waals surface area contributed by atoms with E-state index in [-0.39, 0.29) is 18.1 Å². The van der Waals surface area contributed by atoms with Crippen molar-refractivity contribution >= 4 is 0 Å². The monoisotopic (exact) mass is 302 g/mol. The lowest BCUT2D eigenvalue weighted by molar-refractivity contribution is 0.191. The van der Waals surface area contributed by atoms with Gasteiger partial charge >= 0.3 is 0 Å². The standard InChI is InChI=1S/C15H38N6/c1-4-7-10-21-15(19,13(17)9-11-20-6-3)14(18)12(16)8-5-2/h12-14,20-21H,4-11,16-19H2,1-3H3. The molecule has 0 rings (SSSR count). The molecule has 0 heterocycles. The summed E-state index contributed by atoms with van der Waals surface area (Å²) in [6, 6.07) is -0.725. The van der Waals surface area contributed by atoms with Gasteiger partial charge in [0.2, 0.25) is 0 Å². The highest BCUT2D eigenvalue weighted by Crippen LogP contribution is 2.14. The minimum Gasteiger partial charge on any atom is -0.326 e. The second-order valence-corrected chi connectivity index (χ2v) is 5.94. The van der Waals surface area contributed by atoms with Crippen molar-refractivity contribution in [3.8, 4) is 0 Å². The zero-order chi connectivity index (χ0) is 16.3. The fourth-order valence-corrected chi connectivity index (χ4v) is 2.52. The van der Waals surface area contributed by atoms with Gasteiger partial charge in [-0.25, -0.2) is 0 Å². The van der Waals surface area contributed by atoms with Gasteiger partial charge in [-0.2, -0.15) is 0 Å². The lowest BCUT2D eigenvalue weighted by atomic mass is 9.85. The summed E-state index contributed by atoms with van der Waals surface area (Å²) in [4.78, 5) is 0. The van der Waals surface area contributed by atoms with Gasteiger partial charge in [0, 0.05) is 12.1 Å². The number of nitrogens with two attached hydrogens (primary N) is 4. The molecule has 0 fully saturated rings. The summed E-state index contributed by atoms with van der Waals surface area (Å²) in [5, 5.41) is 6.66. The van der Waals surface area contributed by atoms with Crippen LogP contribution in [0.1, 0.15) is 52.9 Å². The van der Waals surface area contributed by atoms with Crippen LogP contribution >= 0.6 is 0 Å².